The van der Waals surface area contributed by atoms with Crippen LogP contribution in [0.25, 0.3) is 16.9 Å². The van der Waals surface area contributed by atoms with Crippen molar-refractivity contribution in [3.63, 3.8) is 0 Å². The summed E-state index contributed by atoms with van der Waals surface area (Å²) in [4.78, 5) is 21.3. The molecule has 2 aromatic carbocycles. The van der Waals surface area contributed by atoms with Crippen LogP contribution in [-0.4, -0.2) is 27.4 Å². The topological polar surface area (TPSA) is 94.5 Å². The summed E-state index contributed by atoms with van der Waals surface area (Å²) in [5.41, 5.74) is 9.61. The lowest BCUT2D eigenvalue weighted by molar-refractivity contribution is -0.115. The average Bonchev–Trinajstić information content (AvgIpc) is 3.10. The van der Waals surface area contributed by atoms with Gasteiger partial charge in [0.25, 0.3) is 0 Å². The molecule has 0 aliphatic carbocycles. The lowest BCUT2D eigenvalue weighted by Crippen LogP contribution is -2.16. The first-order valence-electron chi connectivity index (χ1n) is 8.75. The van der Waals surface area contributed by atoms with Crippen LogP contribution in [0.1, 0.15) is 5.56 Å². The second-order valence-electron chi connectivity index (χ2n) is 6.31. The third-order valence-corrected chi connectivity index (χ3v) is 4.39. The lowest BCUT2D eigenvalue weighted by atomic mass is 10.1. The van der Waals surface area contributed by atoms with Crippen molar-refractivity contribution in [2.24, 2.45) is 0 Å². The average molecular weight is 373 g/mol. The van der Waals surface area contributed by atoms with Gasteiger partial charge in [-0.1, -0.05) is 30.3 Å². The van der Waals surface area contributed by atoms with Gasteiger partial charge in [0.15, 0.2) is 5.65 Å². The van der Waals surface area contributed by atoms with Crippen LogP contribution in [0.5, 0.6) is 5.75 Å². The number of ether oxygens (including phenoxy) is 1. The minimum atomic E-state index is -0.159. The standard InChI is InChI=1S/C21H19N5O2/c1-28-18-8-3-2-5-15(18)10-21(27)25-20-12-24-19-11-23-17(13-26(19)20)14-6-4-7-16(22)9-14/h2-9,11-13H,10,22H2,1H3,(H,25,27). The summed E-state index contributed by atoms with van der Waals surface area (Å²) in [5, 5.41) is 2.91. The van der Waals surface area contributed by atoms with Crippen LogP contribution in [0, 0.1) is 0 Å². The van der Waals surface area contributed by atoms with Gasteiger partial charge < -0.3 is 15.8 Å². The highest BCUT2D eigenvalue weighted by molar-refractivity contribution is 5.92. The molecule has 7 nitrogen and oxygen atoms in total. The van der Waals surface area contributed by atoms with Gasteiger partial charge in [0, 0.05) is 23.0 Å². The fraction of sp³-hybridized carbons (Fsp3) is 0.0952. The number of para-hydroxylation sites is 1. The van der Waals surface area contributed by atoms with E-state index in [4.69, 9.17) is 10.5 Å². The van der Waals surface area contributed by atoms with Crippen molar-refractivity contribution in [2.45, 2.75) is 6.42 Å². The number of hydrogen-bond acceptors (Lipinski definition) is 5. The molecule has 0 aliphatic rings. The zero-order chi connectivity index (χ0) is 19.5. The number of aromatic nitrogens is 3. The minimum Gasteiger partial charge on any atom is -0.496 e. The van der Waals surface area contributed by atoms with E-state index in [1.807, 2.05) is 54.7 Å². The number of amides is 1. The molecule has 2 aromatic heterocycles. The molecule has 0 aliphatic heterocycles. The van der Waals surface area contributed by atoms with Gasteiger partial charge in [-0.25, -0.2) is 4.98 Å². The molecule has 0 saturated carbocycles. The summed E-state index contributed by atoms with van der Waals surface area (Å²) in [6.45, 7) is 0. The van der Waals surface area contributed by atoms with Crippen molar-refractivity contribution < 1.29 is 9.53 Å². The number of hydrogen-bond donors (Lipinski definition) is 2. The normalized spacial score (nSPS) is 10.8. The summed E-state index contributed by atoms with van der Waals surface area (Å²) in [7, 11) is 1.59. The number of methoxy groups -OCH3 is 1. The molecule has 4 rings (SSSR count). The number of nitrogen functional groups attached to an aromatic ring is 1. The molecule has 2 heterocycles. The third-order valence-electron chi connectivity index (χ3n) is 4.39. The van der Waals surface area contributed by atoms with Crippen LogP contribution in [0.15, 0.2) is 67.1 Å². The SMILES string of the molecule is COc1ccccc1CC(=O)Nc1cnc2cnc(-c3cccc(N)c3)cn12. The van der Waals surface area contributed by atoms with E-state index in [0.29, 0.717) is 22.9 Å². The molecule has 4 aromatic rings. The van der Waals surface area contributed by atoms with Gasteiger partial charge in [-0.15, -0.1) is 0 Å². The molecule has 7 heteroatoms. The van der Waals surface area contributed by atoms with Gasteiger partial charge >= 0.3 is 0 Å². The third kappa shape index (κ3) is 3.50. The Balaban J connectivity index is 1.60. The quantitative estimate of drug-likeness (QED) is 0.524. The number of anilines is 2. The van der Waals surface area contributed by atoms with Gasteiger partial charge in [-0.3, -0.25) is 14.2 Å². The molecular formula is C21H19N5O2. The molecule has 0 radical (unpaired) electrons. The van der Waals surface area contributed by atoms with E-state index in [-0.39, 0.29) is 12.3 Å². The summed E-state index contributed by atoms with van der Waals surface area (Å²) >= 11 is 0. The van der Waals surface area contributed by atoms with Crippen molar-refractivity contribution in [1.29, 1.82) is 0 Å². The molecule has 0 fully saturated rings. The van der Waals surface area contributed by atoms with E-state index in [1.54, 1.807) is 23.9 Å². The smallest absolute Gasteiger partial charge is 0.230 e. The van der Waals surface area contributed by atoms with Gasteiger partial charge in [0.05, 0.1) is 31.6 Å². The highest BCUT2D eigenvalue weighted by Crippen LogP contribution is 2.22. The van der Waals surface area contributed by atoms with Crippen LogP contribution in [0.4, 0.5) is 11.5 Å². The Bertz CT molecular complexity index is 1150. The number of fused-ring (bicyclic) bond motifs is 1. The first-order chi connectivity index (χ1) is 13.6. The molecule has 1 amide bonds. The van der Waals surface area contributed by atoms with E-state index < -0.39 is 0 Å². The molecule has 0 saturated heterocycles. The van der Waals surface area contributed by atoms with Crippen molar-refractivity contribution >= 4 is 23.1 Å². The maximum atomic E-state index is 12.6. The maximum absolute atomic E-state index is 12.6. The molecule has 0 unspecified atom stereocenters. The highest BCUT2D eigenvalue weighted by atomic mass is 16.5. The monoisotopic (exact) mass is 373 g/mol. The first-order valence-corrected chi connectivity index (χ1v) is 8.75. The predicted octanol–water partition coefficient (Wildman–Crippen LogP) is 3.17. The zero-order valence-corrected chi connectivity index (χ0v) is 15.3. The van der Waals surface area contributed by atoms with Crippen LogP contribution in [-0.2, 0) is 11.2 Å². The summed E-state index contributed by atoms with van der Waals surface area (Å²) in [5.74, 6) is 1.10. The lowest BCUT2D eigenvalue weighted by Gasteiger charge is -2.09. The largest absolute Gasteiger partial charge is 0.496 e. The van der Waals surface area contributed by atoms with Crippen LogP contribution >= 0.6 is 0 Å². The van der Waals surface area contributed by atoms with Crippen molar-refractivity contribution in [1.82, 2.24) is 14.4 Å². The number of imidazole rings is 1. The maximum Gasteiger partial charge on any atom is 0.230 e. The predicted molar refractivity (Wildman–Crippen MR) is 108 cm³/mol. The van der Waals surface area contributed by atoms with Gasteiger partial charge in [0.1, 0.15) is 11.6 Å². The summed E-state index contributed by atoms with van der Waals surface area (Å²) in [6.07, 6.45) is 5.30. The molecule has 3 N–H and O–H groups in total. The van der Waals surface area contributed by atoms with Crippen molar-refractivity contribution in [3.05, 3.63) is 72.7 Å². The van der Waals surface area contributed by atoms with Gasteiger partial charge in [-0.2, -0.15) is 0 Å². The number of nitrogens with two attached hydrogens (primary N) is 1. The molecule has 0 bridgehead atoms. The molecular weight excluding hydrogens is 354 g/mol. The van der Waals surface area contributed by atoms with Gasteiger partial charge in [-0.05, 0) is 18.2 Å². The fourth-order valence-electron chi connectivity index (χ4n) is 3.04. The van der Waals surface area contributed by atoms with Crippen LogP contribution in [0.2, 0.25) is 0 Å². The number of nitrogens with zero attached hydrogens (tertiary/aromatic N) is 3. The van der Waals surface area contributed by atoms with E-state index in [2.05, 4.69) is 15.3 Å². The van der Waals surface area contributed by atoms with E-state index in [0.717, 1.165) is 16.8 Å². The highest BCUT2D eigenvalue weighted by Gasteiger charge is 2.12. The van der Waals surface area contributed by atoms with Crippen molar-refractivity contribution in [2.75, 3.05) is 18.2 Å². The van der Waals surface area contributed by atoms with E-state index in [9.17, 15) is 4.79 Å². The number of nitrogens with one attached hydrogen (secondary N) is 1. The van der Waals surface area contributed by atoms with E-state index >= 15 is 0 Å². The fourth-order valence-corrected chi connectivity index (χ4v) is 3.04. The Morgan fingerprint density at radius 3 is 2.82 bits per heavy atom. The number of carbonyl (C=O) groups is 1. The minimum absolute atomic E-state index is 0.159. The second kappa shape index (κ2) is 7.40. The van der Waals surface area contributed by atoms with Gasteiger partial charge in [0.2, 0.25) is 5.91 Å². The molecule has 0 spiro atoms. The van der Waals surface area contributed by atoms with Crippen LogP contribution < -0.4 is 15.8 Å². The van der Waals surface area contributed by atoms with E-state index in [1.165, 1.54) is 0 Å². The Hall–Kier alpha value is -3.87. The molecule has 0 atom stereocenters. The molecule has 140 valence electrons. The van der Waals surface area contributed by atoms with Crippen molar-refractivity contribution in [3.8, 4) is 17.0 Å². The second-order valence-corrected chi connectivity index (χ2v) is 6.31. The Labute approximate surface area is 161 Å². The number of carbonyl (C=O) groups excluding carboxylic acids is 1. The summed E-state index contributed by atoms with van der Waals surface area (Å²) < 4.78 is 7.11. The summed E-state index contributed by atoms with van der Waals surface area (Å²) in [6, 6.07) is 14.9. The number of benzene rings is 2. The Morgan fingerprint density at radius 1 is 1.14 bits per heavy atom. The number of rotatable bonds is 5. The van der Waals surface area contributed by atoms with Crippen LogP contribution in [0.3, 0.4) is 0 Å². The Morgan fingerprint density at radius 2 is 2.00 bits per heavy atom. The Kier molecular flexibility index (Phi) is 4.63. The molecule has 28 heavy (non-hydrogen) atoms. The zero-order valence-electron chi connectivity index (χ0n) is 15.3. The first kappa shape index (κ1) is 17.5.